The Morgan fingerprint density at radius 1 is 1.54 bits per heavy atom. The van der Waals surface area contributed by atoms with E-state index in [4.69, 9.17) is 10.5 Å². The summed E-state index contributed by atoms with van der Waals surface area (Å²) in [5, 5.41) is 3.39. The van der Waals surface area contributed by atoms with E-state index in [1.165, 1.54) is 19.3 Å². The molecular weight excluding hydrogens is 164 g/mol. The molecule has 1 atom stereocenters. The lowest BCUT2D eigenvalue weighted by molar-refractivity contribution is -0.0770. The van der Waals surface area contributed by atoms with Crippen molar-refractivity contribution in [1.29, 1.82) is 0 Å². The van der Waals surface area contributed by atoms with E-state index < -0.39 is 0 Å². The zero-order valence-corrected chi connectivity index (χ0v) is 8.81. The van der Waals surface area contributed by atoms with Gasteiger partial charge in [-0.1, -0.05) is 0 Å². The van der Waals surface area contributed by atoms with Crippen molar-refractivity contribution in [3.05, 3.63) is 0 Å². The van der Waals surface area contributed by atoms with Gasteiger partial charge < -0.3 is 15.8 Å². The smallest absolute Gasteiger partial charge is 0.0690 e. The van der Waals surface area contributed by atoms with E-state index in [1.807, 2.05) is 7.11 Å². The molecule has 1 saturated carbocycles. The Balaban J connectivity index is 2.10. The standard InChI is InChI=1S/C10H22N2O/c1-9(8-11)12-7-6-10(13-2)4-3-5-10/h9,12H,3-8,11H2,1-2H3/t9-/m1/s1. The van der Waals surface area contributed by atoms with Crippen LogP contribution in [0, 0.1) is 0 Å². The van der Waals surface area contributed by atoms with Crippen molar-refractivity contribution in [1.82, 2.24) is 5.32 Å². The van der Waals surface area contributed by atoms with Crippen LogP contribution in [0.2, 0.25) is 0 Å². The Morgan fingerprint density at radius 2 is 2.23 bits per heavy atom. The third-order valence-electron chi connectivity index (χ3n) is 3.12. The third-order valence-corrected chi connectivity index (χ3v) is 3.12. The molecule has 0 amide bonds. The Hall–Kier alpha value is -0.120. The molecular formula is C10H22N2O. The predicted molar refractivity (Wildman–Crippen MR) is 54.7 cm³/mol. The highest BCUT2D eigenvalue weighted by molar-refractivity contribution is 4.89. The number of nitrogens with one attached hydrogen (secondary N) is 1. The van der Waals surface area contributed by atoms with Crippen LogP contribution in [0.5, 0.6) is 0 Å². The number of ether oxygens (including phenoxy) is 1. The lowest BCUT2D eigenvalue weighted by Gasteiger charge is -2.40. The molecule has 13 heavy (non-hydrogen) atoms. The quantitative estimate of drug-likeness (QED) is 0.647. The van der Waals surface area contributed by atoms with Crippen molar-refractivity contribution in [2.24, 2.45) is 5.73 Å². The summed E-state index contributed by atoms with van der Waals surface area (Å²) < 4.78 is 5.52. The number of rotatable bonds is 6. The Morgan fingerprint density at radius 3 is 2.62 bits per heavy atom. The van der Waals surface area contributed by atoms with Crippen LogP contribution in [-0.4, -0.2) is 31.8 Å². The summed E-state index contributed by atoms with van der Waals surface area (Å²) in [5.41, 5.74) is 5.70. The van der Waals surface area contributed by atoms with Crippen LogP contribution < -0.4 is 11.1 Å². The maximum absolute atomic E-state index is 5.52. The number of hydrogen-bond acceptors (Lipinski definition) is 3. The highest BCUT2D eigenvalue weighted by atomic mass is 16.5. The molecule has 0 aromatic carbocycles. The van der Waals surface area contributed by atoms with Gasteiger partial charge in [-0.05, 0) is 39.2 Å². The molecule has 1 rings (SSSR count). The van der Waals surface area contributed by atoms with Crippen molar-refractivity contribution < 1.29 is 4.74 Å². The molecule has 0 heterocycles. The molecule has 0 saturated heterocycles. The molecule has 0 unspecified atom stereocenters. The van der Waals surface area contributed by atoms with Gasteiger partial charge in [-0.25, -0.2) is 0 Å². The van der Waals surface area contributed by atoms with Crippen LogP contribution in [0.1, 0.15) is 32.6 Å². The van der Waals surface area contributed by atoms with E-state index in [2.05, 4.69) is 12.2 Å². The first-order valence-corrected chi connectivity index (χ1v) is 5.21. The summed E-state index contributed by atoms with van der Waals surface area (Å²) >= 11 is 0. The minimum atomic E-state index is 0.196. The second-order valence-corrected chi connectivity index (χ2v) is 4.08. The minimum absolute atomic E-state index is 0.196. The lowest BCUT2D eigenvalue weighted by Crippen LogP contribution is -2.43. The summed E-state index contributed by atoms with van der Waals surface area (Å²) in [6.07, 6.45) is 4.89. The minimum Gasteiger partial charge on any atom is -0.378 e. The Labute approximate surface area is 81.0 Å². The molecule has 1 fully saturated rings. The van der Waals surface area contributed by atoms with Crippen LogP contribution >= 0.6 is 0 Å². The molecule has 1 aliphatic carbocycles. The second kappa shape index (κ2) is 4.94. The summed E-state index contributed by atoms with van der Waals surface area (Å²) in [6, 6.07) is 0.425. The van der Waals surface area contributed by atoms with Crippen molar-refractivity contribution in [3.63, 3.8) is 0 Å². The lowest BCUT2D eigenvalue weighted by atomic mass is 9.77. The van der Waals surface area contributed by atoms with Crippen molar-refractivity contribution in [2.75, 3.05) is 20.2 Å². The molecule has 3 N–H and O–H groups in total. The van der Waals surface area contributed by atoms with Gasteiger partial charge in [-0.2, -0.15) is 0 Å². The topological polar surface area (TPSA) is 47.3 Å². The molecule has 3 heteroatoms. The third kappa shape index (κ3) is 2.93. The van der Waals surface area contributed by atoms with Crippen molar-refractivity contribution >= 4 is 0 Å². The van der Waals surface area contributed by atoms with Gasteiger partial charge in [-0.3, -0.25) is 0 Å². The average Bonchev–Trinajstić information content (AvgIpc) is 2.09. The molecule has 0 aromatic heterocycles. The molecule has 1 aliphatic rings. The van der Waals surface area contributed by atoms with E-state index in [1.54, 1.807) is 0 Å². The largest absolute Gasteiger partial charge is 0.378 e. The first-order valence-electron chi connectivity index (χ1n) is 5.21. The zero-order valence-electron chi connectivity index (χ0n) is 8.81. The predicted octanol–water partition coefficient (Wildman–Crippen LogP) is 0.882. The van der Waals surface area contributed by atoms with Crippen LogP contribution in [0.4, 0.5) is 0 Å². The average molecular weight is 186 g/mol. The summed E-state index contributed by atoms with van der Waals surface area (Å²) in [4.78, 5) is 0. The van der Waals surface area contributed by atoms with E-state index in [9.17, 15) is 0 Å². The van der Waals surface area contributed by atoms with Crippen LogP contribution in [0.25, 0.3) is 0 Å². The van der Waals surface area contributed by atoms with E-state index in [-0.39, 0.29) is 5.60 Å². The van der Waals surface area contributed by atoms with Gasteiger partial charge in [-0.15, -0.1) is 0 Å². The van der Waals surface area contributed by atoms with Crippen LogP contribution in [0.15, 0.2) is 0 Å². The van der Waals surface area contributed by atoms with Gasteiger partial charge in [0, 0.05) is 19.7 Å². The molecule has 0 aromatic rings. The van der Waals surface area contributed by atoms with Gasteiger partial charge in [0.05, 0.1) is 5.60 Å². The fourth-order valence-electron chi connectivity index (χ4n) is 1.76. The summed E-state index contributed by atoms with van der Waals surface area (Å²) in [6.45, 7) is 3.84. The Bertz CT molecular complexity index is 140. The van der Waals surface area contributed by atoms with Crippen molar-refractivity contribution in [2.45, 2.75) is 44.2 Å². The van der Waals surface area contributed by atoms with Crippen molar-refractivity contribution in [3.8, 4) is 0 Å². The first-order chi connectivity index (χ1) is 6.22. The monoisotopic (exact) mass is 186 g/mol. The molecule has 3 nitrogen and oxygen atoms in total. The number of nitrogens with two attached hydrogens (primary N) is 1. The van der Waals surface area contributed by atoms with E-state index >= 15 is 0 Å². The van der Waals surface area contributed by atoms with Gasteiger partial charge in [0.2, 0.25) is 0 Å². The fourth-order valence-corrected chi connectivity index (χ4v) is 1.76. The van der Waals surface area contributed by atoms with Gasteiger partial charge in [0.1, 0.15) is 0 Å². The maximum atomic E-state index is 5.52. The normalized spacial score (nSPS) is 22.4. The van der Waals surface area contributed by atoms with Gasteiger partial charge in [0.25, 0.3) is 0 Å². The molecule has 0 spiro atoms. The van der Waals surface area contributed by atoms with Gasteiger partial charge >= 0.3 is 0 Å². The second-order valence-electron chi connectivity index (χ2n) is 4.08. The summed E-state index contributed by atoms with van der Waals surface area (Å²) in [7, 11) is 1.82. The maximum Gasteiger partial charge on any atom is 0.0690 e. The highest BCUT2D eigenvalue weighted by Gasteiger charge is 2.36. The molecule has 0 aliphatic heterocycles. The SMILES string of the molecule is COC1(CCN[C@H](C)CN)CCC1. The van der Waals surface area contributed by atoms with E-state index in [0.717, 1.165) is 13.0 Å². The molecule has 0 radical (unpaired) electrons. The first kappa shape index (κ1) is 11.0. The fraction of sp³-hybridized carbons (Fsp3) is 1.00. The summed E-state index contributed by atoms with van der Waals surface area (Å²) in [5.74, 6) is 0. The molecule has 78 valence electrons. The number of methoxy groups -OCH3 is 1. The highest BCUT2D eigenvalue weighted by Crippen LogP contribution is 2.37. The Kier molecular flexibility index (Phi) is 4.16. The van der Waals surface area contributed by atoms with Crippen LogP contribution in [-0.2, 0) is 4.74 Å². The van der Waals surface area contributed by atoms with Gasteiger partial charge in [0.15, 0.2) is 0 Å². The molecule has 0 bridgehead atoms. The zero-order chi connectivity index (χ0) is 9.73. The van der Waals surface area contributed by atoms with E-state index in [0.29, 0.717) is 12.6 Å². The number of hydrogen-bond donors (Lipinski definition) is 2. The van der Waals surface area contributed by atoms with Crippen LogP contribution in [0.3, 0.4) is 0 Å².